The van der Waals surface area contributed by atoms with Crippen LogP contribution in [-0.2, 0) is 35.1 Å². The molecule has 2 heterocycles. The highest BCUT2D eigenvalue weighted by Crippen LogP contribution is 2.32. The van der Waals surface area contributed by atoms with E-state index in [0.717, 1.165) is 17.8 Å². The van der Waals surface area contributed by atoms with Gasteiger partial charge in [0.1, 0.15) is 6.54 Å². The number of amides is 1. The average Bonchev–Trinajstić information content (AvgIpc) is 3.18. The fraction of sp³-hybridized carbons (Fsp3) is 0.412. The molecule has 1 amide bonds. The van der Waals surface area contributed by atoms with E-state index in [-0.39, 0.29) is 41.3 Å². The van der Waals surface area contributed by atoms with Gasteiger partial charge in [0.25, 0.3) is 5.91 Å². The summed E-state index contributed by atoms with van der Waals surface area (Å²) in [4.78, 5) is 57.5. The molecular formula is C17H20N4O7S. The van der Waals surface area contributed by atoms with Crippen molar-refractivity contribution in [2.24, 2.45) is 4.99 Å². The summed E-state index contributed by atoms with van der Waals surface area (Å²) in [7, 11) is 2.66. The number of amidine groups is 1. The molecule has 0 unspecified atom stereocenters. The van der Waals surface area contributed by atoms with Crippen molar-refractivity contribution >= 4 is 46.6 Å². The highest BCUT2D eigenvalue weighted by atomic mass is 32.2. The highest BCUT2D eigenvalue weighted by Gasteiger charge is 2.32. The van der Waals surface area contributed by atoms with E-state index in [1.54, 1.807) is 13.8 Å². The zero-order valence-corrected chi connectivity index (χ0v) is 17.1. The lowest BCUT2D eigenvalue weighted by Crippen LogP contribution is -2.24. The number of carbonyl (C=O) groups excluding carboxylic acids is 4. The maximum Gasteiger partial charge on any atom is 0.358 e. The van der Waals surface area contributed by atoms with Crippen LogP contribution in [0.1, 0.15) is 24.3 Å². The fourth-order valence-corrected chi connectivity index (χ4v) is 3.16. The standard InChI is InChI=1S/C17H20N4O7S/c1-5-27-12(23)8-21-9-18-14(13(21)16(25)28-6-2)19-17-20(3)15(24)10(29-17)7-11(22)26-4/h7,9H,5-6,8H2,1-4H3/b10-7+,19-17-. The van der Waals surface area contributed by atoms with Crippen LogP contribution in [0.2, 0.25) is 0 Å². The molecule has 0 radical (unpaired) electrons. The maximum atomic E-state index is 12.4. The van der Waals surface area contributed by atoms with Gasteiger partial charge in [0.05, 0.1) is 31.6 Å². The van der Waals surface area contributed by atoms with Crippen LogP contribution >= 0.6 is 11.8 Å². The van der Waals surface area contributed by atoms with Gasteiger partial charge in [-0.3, -0.25) is 14.5 Å². The summed E-state index contributed by atoms with van der Waals surface area (Å²) in [6.45, 7) is 3.35. The molecule has 29 heavy (non-hydrogen) atoms. The highest BCUT2D eigenvalue weighted by molar-refractivity contribution is 8.18. The first-order valence-corrected chi connectivity index (χ1v) is 9.36. The Hall–Kier alpha value is -3.15. The third kappa shape index (κ3) is 5.22. The quantitative estimate of drug-likeness (QED) is 0.355. The van der Waals surface area contributed by atoms with Gasteiger partial charge in [0.15, 0.2) is 16.7 Å². The summed E-state index contributed by atoms with van der Waals surface area (Å²) in [5, 5.41) is 0.192. The molecule has 0 saturated carbocycles. The molecule has 0 aliphatic carbocycles. The van der Waals surface area contributed by atoms with Crippen LogP contribution < -0.4 is 0 Å². The van der Waals surface area contributed by atoms with Crippen molar-refractivity contribution in [3.8, 4) is 0 Å². The fourth-order valence-electron chi connectivity index (χ4n) is 2.24. The molecule has 1 fully saturated rings. The molecule has 0 N–H and O–H groups in total. The number of imidazole rings is 1. The van der Waals surface area contributed by atoms with Gasteiger partial charge in [0.2, 0.25) is 0 Å². The Morgan fingerprint density at radius 3 is 2.55 bits per heavy atom. The number of ether oxygens (including phenoxy) is 3. The Kier molecular flexibility index (Phi) is 7.53. The number of aromatic nitrogens is 2. The van der Waals surface area contributed by atoms with E-state index in [1.165, 1.54) is 30.0 Å². The minimum absolute atomic E-state index is 0.0331. The lowest BCUT2D eigenvalue weighted by Gasteiger charge is -2.09. The number of rotatable bonds is 7. The van der Waals surface area contributed by atoms with Crippen LogP contribution in [0.25, 0.3) is 0 Å². The molecule has 2 rings (SSSR count). The van der Waals surface area contributed by atoms with Crippen LogP contribution in [0.5, 0.6) is 0 Å². The number of thioether (sulfide) groups is 1. The molecule has 0 bridgehead atoms. The van der Waals surface area contributed by atoms with Gasteiger partial charge in [-0.25, -0.2) is 19.6 Å². The van der Waals surface area contributed by atoms with Crippen LogP contribution in [0.3, 0.4) is 0 Å². The van der Waals surface area contributed by atoms with Gasteiger partial charge >= 0.3 is 17.9 Å². The topological polar surface area (TPSA) is 129 Å². The predicted molar refractivity (Wildman–Crippen MR) is 102 cm³/mol. The number of likely N-dealkylation sites (N-methyl/N-ethyl adjacent to an activating group) is 1. The summed E-state index contributed by atoms with van der Waals surface area (Å²) in [5.41, 5.74) is -0.0563. The van der Waals surface area contributed by atoms with Gasteiger partial charge in [-0.05, 0) is 25.6 Å². The van der Waals surface area contributed by atoms with Gasteiger partial charge in [0, 0.05) is 13.1 Å². The van der Waals surface area contributed by atoms with Gasteiger partial charge < -0.3 is 18.8 Å². The Labute approximate surface area is 170 Å². The van der Waals surface area contributed by atoms with Crippen molar-refractivity contribution in [1.29, 1.82) is 0 Å². The summed E-state index contributed by atoms with van der Waals surface area (Å²) in [5.74, 6) is -2.45. The number of aliphatic imine (C=N–C) groups is 1. The molecule has 1 saturated heterocycles. The summed E-state index contributed by atoms with van der Waals surface area (Å²) in [6.07, 6.45) is 2.31. The van der Waals surface area contributed by atoms with Crippen molar-refractivity contribution in [3.63, 3.8) is 0 Å². The number of hydrogen-bond acceptors (Lipinski definition) is 10. The monoisotopic (exact) mass is 424 g/mol. The van der Waals surface area contributed by atoms with E-state index in [1.807, 2.05) is 0 Å². The Balaban J connectivity index is 2.41. The molecule has 1 aromatic heterocycles. The lowest BCUT2D eigenvalue weighted by molar-refractivity contribution is -0.143. The normalized spacial score (nSPS) is 16.4. The van der Waals surface area contributed by atoms with Crippen LogP contribution in [0, 0.1) is 0 Å². The first-order valence-electron chi connectivity index (χ1n) is 8.54. The summed E-state index contributed by atoms with van der Waals surface area (Å²) < 4.78 is 15.7. The molecule has 1 aliphatic rings. The second kappa shape index (κ2) is 9.87. The molecule has 12 heteroatoms. The summed E-state index contributed by atoms with van der Waals surface area (Å²) >= 11 is 0.924. The summed E-state index contributed by atoms with van der Waals surface area (Å²) in [6, 6.07) is 0. The maximum absolute atomic E-state index is 12.4. The largest absolute Gasteiger partial charge is 0.466 e. The van der Waals surface area contributed by atoms with Crippen LogP contribution in [0.15, 0.2) is 22.3 Å². The second-order valence-electron chi connectivity index (χ2n) is 5.46. The minimum atomic E-state index is -0.726. The van der Waals surface area contributed by atoms with E-state index in [4.69, 9.17) is 9.47 Å². The van der Waals surface area contributed by atoms with Gasteiger partial charge in [-0.15, -0.1) is 0 Å². The molecule has 0 spiro atoms. The Morgan fingerprint density at radius 1 is 1.24 bits per heavy atom. The first kappa shape index (κ1) is 22.1. The van der Waals surface area contributed by atoms with Gasteiger partial charge in [-0.2, -0.15) is 0 Å². The Morgan fingerprint density at radius 2 is 1.93 bits per heavy atom. The predicted octanol–water partition coefficient (Wildman–Crippen LogP) is 0.873. The third-order valence-corrected chi connectivity index (χ3v) is 4.61. The van der Waals surface area contributed by atoms with Gasteiger partial charge in [-0.1, -0.05) is 0 Å². The minimum Gasteiger partial charge on any atom is -0.466 e. The number of methoxy groups -OCH3 is 1. The van der Waals surface area contributed by atoms with E-state index < -0.39 is 23.8 Å². The van der Waals surface area contributed by atoms with E-state index in [2.05, 4.69) is 14.7 Å². The molecule has 0 atom stereocenters. The lowest BCUT2D eigenvalue weighted by atomic mass is 10.4. The molecule has 11 nitrogen and oxygen atoms in total. The molecule has 1 aliphatic heterocycles. The Bertz CT molecular complexity index is 890. The van der Waals surface area contributed by atoms with Crippen molar-refractivity contribution in [3.05, 3.63) is 23.0 Å². The van der Waals surface area contributed by atoms with E-state index in [0.29, 0.717) is 0 Å². The third-order valence-electron chi connectivity index (χ3n) is 3.55. The number of carbonyl (C=O) groups is 4. The van der Waals surface area contributed by atoms with E-state index >= 15 is 0 Å². The SMILES string of the molecule is CCOC(=O)Cn1cnc(/N=C2\S/C(=C/C(=O)OC)C(=O)N2C)c1C(=O)OCC. The van der Waals surface area contributed by atoms with Crippen molar-refractivity contribution in [2.45, 2.75) is 20.4 Å². The van der Waals surface area contributed by atoms with Crippen LogP contribution in [-0.4, -0.2) is 70.8 Å². The zero-order chi connectivity index (χ0) is 21.6. The molecular weight excluding hydrogens is 404 g/mol. The van der Waals surface area contributed by atoms with Crippen molar-refractivity contribution in [2.75, 3.05) is 27.4 Å². The number of nitrogens with zero attached hydrogens (tertiary/aromatic N) is 4. The first-order chi connectivity index (χ1) is 13.8. The molecule has 1 aromatic rings. The number of hydrogen-bond donors (Lipinski definition) is 0. The van der Waals surface area contributed by atoms with Crippen molar-refractivity contribution < 1.29 is 33.4 Å². The molecule has 156 valence electrons. The average molecular weight is 424 g/mol. The van der Waals surface area contributed by atoms with E-state index in [9.17, 15) is 19.2 Å². The smallest absolute Gasteiger partial charge is 0.358 e. The number of esters is 3. The van der Waals surface area contributed by atoms with Crippen molar-refractivity contribution in [1.82, 2.24) is 14.5 Å². The second-order valence-corrected chi connectivity index (χ2v) is 6.47. The molecule has 0 aromatic carbocycles. The zero-order valence-electron chi connectivity index (χ0n) is 16.3. The van der Waals surface area contributed by atoms with Crippen LogP contribution in [0.4, 0.5) is 5.82 Å².